The number of hydrogen-bond donors (Lipinski definition) is 1. The number of nitrogens with zero attached hydrogens (tertiary/aromatic N) is 2. The minimum absolute atomic E-state index is 0.0567. The molecule has 0 saturated carbocycles. The molecule has 0 amide bonds. The molecule has 0 aliphatic rings. The van der Waals surface area contributed by atoms with Gasteiger partial charge in [-0.3, -0.25) is 0 Å². The summed E-state index contributed by atoms with van der Waals surface area (Å²) in [6.45, 7) is 0.338. The molecule has 0 saturated heterocycles. The minimum Gasteiger partial charge on any atom is -0.326 e. The van der Waals surface area contributed by atoms with Gasteiger partial charge in [0.2, 0.25) is 0 Å². The molecule has 0 aliphatic carbocycles. The van der Waals surface area contributed by atoms with Crippen molar-refractivity contribution in [1.29, 1.82) is 0 Å². The van der Waals surface area contributed by atoms with Gasteiger partial charge in [0.15, 0.2) is 0 Å². The average Bonchev–Trinajstić information content (AvgIpc) is 3.12. The van der Waals surface area contributed by atoms with E-state index in [-0.39, 0.29) is 5.52 Å². The van der Waals surface area contributed by atoms with Crippen LogP contribution in [0.3, 0.4) is 0 Å². The Labute approximate surface area is 160 Å². The summed E-state index contributed by atoms with van der Waals surface area (Å²) in [6, 6.07) is 19.6. The van der Waals surface area contributed by atoms with E-state index in [0.717, 1.165) is 28.4 Å². The number of nitrogens with two attached hydrogens (primary N) is 1. The number of hydrogen-bond acceptors (Lipinski definition) is 2. The summed E-state index contributed by atoms with van der Waals surface area (Å²) in [4.78, 5) is 0. The zero-order valence-corrected chi connectivity index (χ0v) is 14.9. The van der Waals surface area contributed by atoms with Gasteiger partial charge in [0, 0.05) is 18.1 Å². The quantitative estimate of drug-likeness (QED) is 0.535. The van der Waals surface area contributed by atoms with Crippen molar-refractivity contribution in [2.24, 2.45) is 5.73 Å². The maximum absolute atomic E-state index is 13.3. The Morgan fingerprint density at radius 1 is 0.893 bits per heavy atom. The van der Waals surface area contributed by atoms with Crippen LogP contribution in [0.5, 0.6) is 0 Å². The Kier molecular flexibility index (Phi) is 4.65. The maximum Gasteiger partial charge on any atom is 0.418 e. The van der Waals surface area contributed by atoms with Gasteiger partial charge in [-0.1, -0.05) is 54.6 Å². The first kappa shape index (κ1) is 18.3. The SMILES string of the molecule is NCc1cccc(-n2cc3cccc(C(F)(F)F)c3n2)c1Cc1ccccc1. The second-order valence-corrected chi connectivity index (χ2v) is 6.60. The normalized spacial score (nSPS) is 11.9. The Balaban J connectivity index is 1.88. The van der Waals surface area contributed by atoms with Crippen LogP contribution >= 0.6 is 0 Å². The van der Waals surface area contributed by atoms with Gasteiger partial charge in [-0.05, 0) is 35.2 Å². The lowest BCUT2D eigenvalue weighted by molar-refractivity contribution is -0.136. The summed E-state index contributed by atoms with van der Waals surface area (Å²) in [7, 11) is 0. The van der Waals surface area contributed by atoms with Crippen molar-refractivity contribution in [1.82, 2.24) is 9.78 Å². The molecule has 0 aliphatic heterocycles. The molecule has 6 heteroatoms. The molecule has 4 rings (SSSR count). The molecule has 142 valence electrons. The molecule has 0 bridgehead atoms. The third kappa shape index (κ3) is 3.39. The van der Waals surface area contributed by atoms with Crippen LogP contribution in [-0.4, -0.2) is 9.78 Å². The van der Waals surface area contributed by atoms with Gasteiger partial charge in [0.05, 0.1) is 11.3 Å². The van der Waals surface area contributed by atoms with E-state index in [1.165, 1.54) is 10.7 Å². The summed E-state index contributed by atoms with van der Waals surface area (Å²) in [6.07, 6.45) is -2.20. The number of fused-ring (bicyclic) bond motifs is 1. The van der Waals surface area contributed by atoms with Crippen LogP contribution in [0, 0.1) is 0 Å². The summed E-state index contributed by atoms with van der Waals surface area (Å²) in [5.74, 6) is 0. The van der Waals surface area contributed by atoms with Crippen LogP contribution in [-0.2, 0) is 19.1 Å². The van der Waals surface area contributed by atoms with E-state index in [1.807, 2.05) is 48.5 Å². The van der Waals surface area contributed by atoms with Crippen LogP contribution in [0.1, 0.15) is 22.3 Å². The van der Waals surface area contributed by atoms with E-state index < -0.39 is 11.7 Å². The fraction of sp³-hybridized carbons (Fsp3) is 0.136. The molecule has 0 radical (unpaired) electrons. The molecule has 0 atom stereocenters. The third-order valence-corrected chi connectivity index (χ3v) is 4.78. The Morgan fingerprint density at radius 2 is 1.64 bits per heavy atom. The van der Waals surface area contributed by atoms with Crippen LogP contribution < -0.4 is 5.73 Å². The van der Waals surface area contributed by atoms with Gasteiger partial charge in [-0.25, -0.2) is 4.68 Å². The standard InChI is InChI=1S/C22H18F3N3/c23-22(24,25)19-10-4-9-17-14-28(27-21(17)19)20-11-5-8-16(13-26)18(20)12-15-6-2-1-3-7-15/h1-11,14H,12-13,26H2. The summed E-state index contributed by atoms with van der Waals surface area (Å²) in [5, 5.41) is 4.73. The molecule has 0 fully saturated rings. The lowest BCUT2D eigenvalue weighted by atomic mass is 9.98. The second kappa shape index (κ2) is 7.13. The minimum atomic E-state index is -4.45. The number of alkyl halides is 3. The molecule has 0 spiro atoms. The van der Waals surface area contributed by atoms with Crippen molar-refractivity contribution in [3.8, 4) is 5.69 Å². The van der Waals surface area contributed by atoms with E-state index in [1.54, 1.807) is 12.3 Å². The highest BCUT2D eigenvalue weighted by molar-refractivity contribution is 5.82. The monoisotopic (exact) mass is 381 g/mol. The number of rotatable bonds is 4. The van der Waals surface area contributed by atoms with Gasteiger partial charge in [0.1, 0.15) is 5.52 Å². The van der Waals surface area contributed by atoms with Crippen LogP contribution in [0.4, 0.5) is 13.2 Å². The first-order valence-corrected chi connectivity index (χ1v) is 8.88. The fourth-order valence-corrected chi connectivity index (χ4v) is 3.43. The fourth-order valence-electron chi connectivity index (χ4n) is 3.43. The molecule has 4 aromatic rings. The van der Waals surface area contributed by atoms with Crippen molar-refractivity contribution in [3.05, 3.63) is 95.2 Å². The van der Waals surface area contributed by atoms with Crippen molar-refractivity contribution in [2.45, 2.75) is 19.1 Å². The molecular weight excluding hydrogens is 363 g/mol. The van der Waals surface area contributed by atoms with Gasteiger partial charge >= 0.3 is 6.18 Å². The van der Waals surface area contributed by atoms with Crippen molar-refractivity contribution in [3.63, 3.8) is 0 Å². The molecular formula is C22H18F3N3. The maximum atomic E-state index is 13.3. The van der Waals surface area contributed by atoms with Crippen molar-refractivity contribution < 1.29 is 13.2 Å². The van der Waals surface area contributed by atoms with E-state index in [0.29, 0.717) is 18.4 Å². The second-order valence-electron chi connectivity index (χ2n) is 6.60. The molecule has 28 heavy (non-hydrogen) atoms. The molecule has 1 heterocycles. The van der Waals surface area contributed by atoms with Gasteiger partial charge in [-0.2, -0.15) is 18.3 Å². The molecule has 1 aromatic heterocycles. The Morgan fingerprint density at radius 3 is 2.36 bits per heavy atom. The zero-order chi connectivity index (χ0) is 19.7. The van der Waals surface area contributed by atoms with Gasteiger partial charge in [0.25, 0.3) is 0 Å². The zero-order valence-electron chi connectivity index (χ0n) is 14.9. The van der Waals surface area contributed by atoms with Crippen molar-refractivity contribution >= 4 is 10.9 Å². The van der Waals surface area contributed by atoms with E-state index in [4.69, 9.17) is 5.73 Å². The summed E-state index contributed by atoms with van der Waals surface area (Å²) >= 11 is 0. The van der Waals surface area contributed by atoms with Crippen molar-refractivity contribution in [2.75, 3.05) is 0 Å². The molecule has 3 nitrogen and oxygen atoms in total. The van der Waals surface area contributed by atoms with E-state index in [9.17, 15) is 13.2 Å². The Hall–Kier alpha value is -3.12. The first-order valence-electron chi connectivity index (χ1n) is 8.88. The number of halogens is 3. The molecule has 0 unspecified atom stereocenters. The van der Waals surface area contributed by atoms with Crippen LogP contribution in [0.15, 0.2) is 72.9 Å². The summed E-state index contributed by atoms with van der Waals surface area (Å²) in [5.41, 5.74) is 8.86. The predicted octanol–water partition coefficient (Wildman–Crippen LogP) is 5.09. The highest BCUT2D eigenvalue weighted by Crippen LogP contribution is 2.34. The predicted molar refractivity (Wildman–Crippen MR) is 103 cm³/mol. The topological polar surface area (TPSA) is 43.8 Å². The number of benzene rings is 3. The largest absolute Gasteiger partial charge is 0.418 e. The summed E-state index contributed by atoms with van der Waals surface area (Å²) < 4.78 is 41.6. The third-order valence-electron chi connectivity index (χ3n) is 4.78. The first-order chi connectivity index (χ1) is 13.5. The smallest absolute Gasteiger partial charge is 0.326 e. The molecule has 3 aromatic carbocycles. The van der Waals surface area contributed by atoms with E-state index >= 15 is 0 Å². The van der Waals surface area contributed by atoms with Crippen LogP contribution in [0.2, 0.25) is 0 Å². The van der Waals surface area contributed by atoms with Crippen LogP contribution in [0.25, 0.3) is 16.6 Å². The lowest BCUT2D eigenvalue weighted by Crippen LogP contribution is -2.09. The Bertz CT molecular complexity index is 1120. The highest BCUT2D eigenvalue weighted by Gasteiger charge is 2.33. The molecule has 2 N–H and O–H groups in total. The van der Waals surface area contributed by atoms with Gasteiger partial charge < -0.3 is 5.73 Å². The highest BCUT2D eigenvalue weighted by atomic mass is 19.4. The average molecular weight is 381 g/mol. The lowest BCUT2D eigenvalue weighted by Gasteiger charge is -2.14. The van der Waals surface area contributed by atoms with Gasteiger partial charge in [-0.15, -0.1) is 0 Å². The number of aromatic nitrogens is 2. The van der Waals surface area contributed by atoms with E-state index in [2.05, 4.69) is 5.10 Å².